The minimum absolute atomic E-state index is 0.0809. The van der Waals surface area contributed by atoms with Crippen molar-refractivity contribution < 1.29 is 14.6 Å². The zero-order chi connectivity index (χ0) is 11.6. The summed E-state index contributed by atoms with van der Waals surface area (Å²) >= 11 is 5.71. The molecule has 1 N–H and O–H groups in total. The van der Waals surface area contributed by atoms with Crippen LogP contribution in [-0.4, -0.2) is 16.7 Å². The van der Waals surface area contributed by atoms with E-state index in [0.717, 1.165) is 0 Å². The average Bonchev–Trinajstić information content (AvgIpc) is 2.06. The van der Waals surface area contributed by atoms with E-state index in [1.165, 1.54) is 18.2 Å². The van der Waals surface area contributed by atoms with Gasteiger partial charge in [-0.25, -0.2) is 4.79 Å². The Labute approximate surface area is 93.6 Å². The molecule has 4 heteroatoms. The van der Waals surface area contributed by atoms with Gasteiger partial charge < -0.3 is 9.84 Å². The Morgan fingerprint density at radius 1 is 1.40 bits per heavy atom. The van der Waals surface area contributed by atoms with Gasteiger partial charge in [0.15, 0.2) is 0 Å². The zero-order valence-corrected chi connectivity index (χ0v) is 9.63. The molecule has 15 heavy (non-hydrogen) atoms. The number of ether oxygens (including phenoxy) is 1. The number of phenols is 1. The molecule has 0 aliphatic heterocycles. The molecule has 82 valence electrons. The van der Waals surface area contributed by atoms with Crippen molar-refractivity contribution in [3.63, 3.8) is 0 Å². The van der Waals surface area contributed by atoms with Crippen molar-refractivity contribution >= 4 is 17.6 Å². The van der Waals surface area contributed by atoms with Gasteiger partial charge in [0, 0.05) is 5.02 Å². The summed E-state index contributed by atoms with van der Waals surface area (Å²) in [5.41, 5.74) is -0.510. The first-order valence-corrected chi connectivity index (χ1v) is 4.89. The molecule has 0 heterocycles. The first-order chi connectivity index (χ1) is 6.79. The van der Waals surface area contributed by atoms with Crippen molar-refractivity contribution in [3.05, 3.63) is 28.8 Å². The van der Waals surface area contributed by atoms with Gasteiger partial charge >= 0.3 is 5.97 Å². The quantitative estimate of drug-likeness (QED) is 0.752. The van der Waals surface area contributed by atoms with Gasteiger partial charge in [-0.2, -0.15) is 0 Å². The second kappa shape index (κ2) is 4.11. The number of rotatable bonds is 1. The topological polar surface area (TPSA) is 46.5 Å². The summed E-state index contributed by atoms with van der Waals surface area (Å²) in [5, 5.41) is 9.83. The summed E-state index contributed by atoms with van der Waals surface area (Å²) in [4.78, 5) is 11.6. The molecular weight excluding hydrogens is 216 g/mol. The Hall–Kier alpha value is -1.22. The van der Waals surface area contributed by atoms with Crippen molar-refractivity contribution in [2.45, 2.75) is 26.4 Å². The number of esters is 1. The normalized spacial score (nSPS) is 11.2. The van der Waals surface area contributed by atoms with Gasteiger partial charge in [-0.3, -0.25) is 0 Å². The fraction of sp³-hybridized carbons (Fsp3) is 0.364. The SMILES string of the molecule is CC(C)(C)OC(=O)c1cc(Cl)ccc1O. The predicted octanol–water partition coefficient (Wildman–Crippen LogP) is 3.00. The van der Waals surface area contributed by atoms with E-state index in [4.69, 9.17) is 16.3 Å². The molecule has 0 unspecified atom stereocenters. The van der Waals surface area contributed by atoms with Crippen molar-refractivity contribution in [2.75, 3.05) is 0 Å². The lowest BCUT2D eigenvalue weighted by Crippen LogP contribution is -2.23. The maximum Gasteiger partial charge on any atom is 0.342 e. The molecule has 0 saturated carbocycles. The van der Waals surface area contributed by atoms with Crippen LogP contribution in [0.15, 0.2) is 18.2 Å². The number of phenolic OH excluding ortho intramolecular Hbond substituents is 1. The lowest BCUT2D eigenvalue weighted by molar-refractivity contribution is 0.00668. The van der Waals surface area contributed by atoms with Crippen LogP contribution in [0, 0.1) is 0 Å². The fourth-order valence-corrected chi connectivity index (χ4v) is 1.18. The minimum atomic E-state index is -0.591. The second-order valence-electron chi connectivity index (χ2n) is 4.16. The van der Waals surface area contributed by atoms with Crippen LogP contribution in [0.2, 0.25) is 5.02 Å². The van der Waals surface area contributed by atoms with Gasteiger partial charge in [0.05, 0.1) is 0 Å². The number of hydrogen-bond acceptors (Lipinski definition) is 3. The number of aromatic hydroxyl groups is 1. The van der Waals surface area contributed by atoms with Gasteiger partial charge in [0.25, 0.3) is 0 Å². The molecular formula is C11H13ClO3. The van der Waals surface area contributed by atoms with E-state index in [2.05, 4.69) is 0 Å². The molecule has 0 aromatic heterocycles. The molecule has 0 radical (unpaired) electrons. The largest absolute Gasteiger partial charge is 0.507 e. The maximum absolute atomic E-state index is 11.6. The smallest absolute Gasteiger partial charge is 0.342 e. The van der Waals surface area contributed by atoms with Gasteiger partial charge in [-0.15, -0.1) is 0 Å². The molecule has 0 aliphatic carbocycles. The monoisotopic (exact) mass is 228 g/mol. The van der Waals surface area contributed by atoms with Crippen molar-refractivity contribution in [3.8, 4) is 5.75 Å². The lowest BCUT2D eigenvalue weighted by atomic mass is 10.1. The molecule has 0 atom stereocenters. The van der Waals surface area contributed by atoms with E-state index in [1.807, 2.05) is 0 Å². The fourth-order valence-electron chi connectivity index (χ4n) is 1.00. The number of hydrogen-bond donors (Lipinski definition) is 1. The minimum Gasteiger partial charge on any atom is -0.507 e. The molecule has 1 rings (SSSR count). The third-order valence-electron chi connectivity index (χ3n) is 1.58. The zero-order valence-electron chi connectivity index (χ0n) is 8.87. The summed E-state index contributed by atoms with van der Waals surface area (Å²) in [6, 6.07) is 4.25. The van der Waals surface area contributed by atoms with E-state index in [0.29, 0.717) is 5.02 Å². The Bertz CT molecular complexity index is 380. The van der Waals surface area contributed by atoms with E-state index < -0.39 is 11.6 Å². The van der Waals surface area contributed by atoms with Crippen molar-refractivity contribution in [2.24, 2.45) is 0 Å². The molecule has 1 aromatic rings. The van der Waals surface area contributed by atoms with Crippen LogP contribution in [0.25, 0.3) is 0 Å². The van der Waals surface area contributed by atoms with Gasteiger partial charge in [0.2, 0.25) is 0 Å². The van der Waals surface area contributed by atoms with Crippen LogP contribution in [-0.2, 0) is 4.74 Å². The number of carbonyl (C=O) groups excluding carboxylic acids is 1. The van der Waals surface area contributed by atoms with Gasteiger partial charge in [0.1, 0.15) is 16.9 Å². The summed E-state index contributed by atoms with van der Waals surface area (Å²) in [6.45, 7) is 5.27. The van der Waals surface area contributed by atoms with Crippen LogP contribution in [0.4, 0.5) is 0 Å². The summed E-state index contributed by atoms with van der Waals surface area (Å²) in [7, 11) is 0. The Balaban J connectivity index is 2.96. The van der Waals surface area contributed by atoms with E-state index in [1.54, 1.807) is 20.8 Å². The van der Waals surface area contributed by atoms with Crippen LogP contribution < -0.4 is 0 Å². The highest BCUT2D eigenvalue weighted by atomic mass is 35.5. The van der Waals surface area contributed by atoms with E-state index in [9.17, 15) is 9.90 Å². The summed E-state index contributed by atoms with van der Waals surface area (Å²) in [5.74, 6) is -0.712. The number of benzene rings is 1. The molecule has 0 bridgehead atoms. The third kappa shape index (κ3) is 3.44. The highest BCUT2D eigenvalue weighted by molar-refractivity contribution is 6.31. The molecule has 0 saturated heterocycles. The Morgan fingerprint density at radius 2 is 2.00 bits per heavy atom. The summed E-state index contributed by atoms with van der Waals surface area (Å²) in [6.07, 6.45) is 0. The van der Waals surface area contributed by atoms with Crippen LogP contribution >= 0.6 is 11.6 Å². The molecule has 3 nitrogen and oxygen atoms in total. The van der Waals surface area contributed by atoms with E-state index >= 15 is 0 Å². The predicted molar refractivity (Wildman–Crippen MR) is 58.3 cm³/mol. The van der Waals surface area contributed by atoms with Crippen LogP contribution in [0.1, 0.15) is 31.1 Å². The van der Waals surface area contributed by atoms with E-state index in [-0.39, 0.29) is 11.3 Å². The first kappa shape index (κ1) is 11.9. The summed E-state index contributed by atoms with van der Waals surface area (Å²) < 4.78 is 5.10. The Kier molecular flexibility index (Phi) is 3.25. The molecule has 0 fully saturated rings. The van der Waals surface area contributed by atoms with Crippen molar-refractivity contribution in [1.82, 2.24) is 0 Å². The number of halogens is 1. The first-order valence-electron chi connectivity index (χ1n) is 4.51. The highest BCUT2D eigenvalue weighted by Crippen LogP contribution is 2.23. The maximum atomic E-state index is 11.6. The van der Waals surface area contributed by atoms with Crippen LogP contribution in [0.3, 0.4) is 0 Å². The second-order valence-corrected chi connectivity index (χ2v) is 4.60. The lowest BCUT2D eigenvalue weighted by Gasteiger charge is -2.19. The highest BCUT2D eigenvalue weighted by Gasteiger charge is 2.20. The Morgan fingerprint density at radius 3 is 2.53 bits per heavy atom. The van der Waals surface area contributed by atoms with Crippen LogP contribution in [0.5, 0.6) is 5.75 Å². The van der Waals surface area contributed by atoms with Gasteiger partial charge in [-0.1, -0.05) is 11.6 Å². The molecule has 1 aromatic carbocycles. The molecule has 0 amide bonds. The number of carbonyl (C=O) groups is 1. The van der Waals surface area contributed by atoms with Gasteiger partial charge in [-0.05, 0) is 39.0 Å². The molecule has 0 aliphatic rings. The third-order valence-corrected chi connectivity index (χ3v) is 1.81. The average molecular weight is 229 g/mol. The molecule has 0 spiro atoms. The van der Waals surface area contributed by atoms with Crippen molar-refractivity contribution in [1.29, 1.82) is 0 Å². The standard InChI is InChI=1S/C11H13ClO3/c1-11(2,3)15-10(14)8-6-7(12)4-5-9(8)13/h4-6,13H,1-3H3.